The van der Waals surface area contributed by atoms with Crippen LogP contribution in [0.2, 0.25) is 0 Å². The van der Waals surface area contributed by atoms with Gasteiger partial charge in [-0.15, -0.1) is 11.3 Å². The number of carboxylic acid groups (broad SMARTS) is 1. The van der Waals surface area contributed by atoms with Crippen molar-refractivity contribution in [3.8, 4) is 0 Å². The number of fused-ring (bicyclic) bond motifs is 1. The monoisotopic (exact) mass is 309 g/mol. The Kier molecular flexibility index (Phi) is 3.84. The molecule has 1 saturated carbocycles. The van der Waals surface area contributed by atoms with Gasteiger partial charge in [0.2, 0.25) is 0 Å². The van der Waals surface area contributed by atoms with Gasteiger partial charge in [0.1, 0.15) is 0 Å². The summed E-state index contributed by atoms with van der Waals surface area (Å²) < 4.78 is 0. The molecule has 1 aromatic heterocycles. The standard InChI is InChI=1S/C14H19N3O3S/c18-12(19)14-4-1-2-10(14)8-17(9-14)13(20)16-5-3-11-15-6-7-21-11/h6-7,10H,1-5,8-9H2,(H,16,20)(H,18,19)/t10-,14+/m0/s1. The molecule has 1 aromatic rings. The third-order valence-corrected chi connectivity index (χ3v) is 5.52. The van der Waals surface area contributed by atoms with E-state index in [2.05, 4.69) is 10.3 Å². The van der Waals surface area contributed by atoms with Gasteiger partial charge >= 0.3 is 12.0 Å². The first-order valence-electron chi connectivity index (χ1n) is 7.26. The Labute approximate surface area is 127 Å². The molecule has 114 valence electrons. The van der Waals surface area contributed by atoms with Crippen LogP contribution < -0.4 is 5.32 Å². The molecular formula is C14H19N3O3S. The first kappa shape index (κ1) is 14.3. The van der Waals surface area contributed by atoms with Gasteiger partial charge in [0.25, 0.3) is 0 Å². The zero-order valence-corrected chi connectivity index (χ0v) is 12.6. The van der Waals surface area contributed by atoms with Crippen molar-refractivity contribution >= 4 is 23.3 Å². The molecule has 1 saturated heterocycles. The predicted molar refractivity (Wildman–Crippen MR) is 78.2 cm³/mol. The van der Waals surface area contributed by atoms with E-state index in [0.29, 0.717) is 32.5 Å². The molecule has 1 aliphatic carbocycles. The van der Waals surface area contributed by atoms with Gasteiger partial charge in [-0.05, 0) is 18.8 Å². The van der Waals surface area contributed by atoms with Crippen molar-refractivity contribution in [2.75, 3.05) is 19.6 Å². The number of aliphatic carboxylic acids is 1. The summed E-state index contributed by atoms with van der Waals surface area (Å²) in [5.41, 5.74) is -0.702. The topological polar surface area (TPSA) is 82.5 Å². The van der Waals surface area contributed by atoms with Crippen molar-refractivity contribution in [3.05, 3.63) is 16.6 Å². The minimum absolute atomic E-state index is 0.111. The largest absolute Gasteiger partial charge is 0.481 e. The average molecular weight is 309 g/mol. The first-order valence-corrected chi connectivity index (χ1v) is 8.14. The molecule has 0 bridgehead atoms. The highest BCUT2D eigenvalue weighted by Crippen LogP contribution is 2.48. The summed E-state index contributed by atoms with van der Waals surface area (Å²) in [6, 6.07) is -0.151. The van der Waals surface area contributed by atoms with Crippen LogP contribution in [0, 0.1) is 11.3 Å². The Morgan fingerprint density at radius 2 is 2.43 bits per heavy atom. The lowest BCUT2D eigenvalue weighted by atomic mass is 9.81. The number of aromatic nitrogens is 1. The molecular weight excluding hydrogens is 290 g/mol. The molecule has 2 fully saturated rings. The maximum Gasteiger partial charge on any atom is 0.317 e. The molecule has 0 spiro atoms. The fraction of sp³-hybridized carbons (Fsp3) is 0.643. The van der Waals surface area contributed by atoms with E-state index in [1.807, 2.05) is 5.38 Å². The fourth-order valence-electron chi connectivity index (χ4n) is 3.56. The van der Waals surface area contributed by atoms with Crippen LogP contribution in [-0.4, -0.2) is 46.6 Å². The molecule has 2 atom stereocenters. The van der Waals surface area contributed by atoms with Gasteiger partial charge in [-0.3, -0.25) is 4.79 Å². The van der Waals surface area contributed by atoms with Crippen molar-refractivity contribution in [2.45, 2.75) is 25.7 Å². The number of carbonyl (C=O) groups excluding carboxylic acids is 1. The molecule has 0 unspecified atom stereocenters. The van der Waals surface area contributed by atoms with Gasteiger partial charge in [0, 0.05) is 37.6 Å². The van der Waals surface area contributed by atoms with Crippen LogP contribution in [0.5, 0.6) is 0 Å². The van der Waals surface area contributed by atoms with Crippen LogP contribution in [0.25, 0.3) is 0 Å². The SMILES string of the molecule is O=C(NCCc1nccs1)N1C[C@@H]2CCC[C@@]2(C(=O)O)C1. The van der Waals surface area contributed by atoms with Gasteiger partial charge in [0.15, 0.2) is 0 Å². The van der Waals surface area contributed by atoms with Crippen LogP contribution in [0.15, 0.2) is 11.6 Å². The zero-order chi connectivity index (χ0) is 14.9. The molecule has 7 heteroatoms. The van der Waals surface area contributed by atoms with E-state index >= 15 is 0 Å². The van der Waals surface area contributed by atoms with Crippen LogP contribution >= 0.6 is 11.3 Å². The second-order valence-electron chi connectivity index (χ2n) is 5.84. The van der Waals surface area contributed by atoms with E-state index in [1.165, 1.54) is 0 Å². The average Bonchev–Trinajstić information content (AvgIpc) is 3.13. The Balaban J connectivity index is 1.53. The molecule has 2 heterocycles. The molecule has 0 radical (unpaired) electrons. The zero-order valence-electron chi connectivity index (χ0n) is 11.7. The lowest BCUT2D eigenvalue weighted by Crippen LogP contribution is -2.42. The minimum Gasteiger partial charge on any atom is -0.481 e. The minimum atomic E-state index is -0.747. The summed E-state index contributed by atoms with van der Waals surface area (Å²) in [4.78, 5) is 29.6. The third kappa shape index (κ3) is 2.62. The number of nitrogens with zero attached hydrogens (tertiary/aromatic N) is 2. The van der Waals surface area contributed by atoms with Gasteiger partial charge < -0.3 is 15.3 Å². The Morgan fingerprint density at radius 3 is 3.10 bits per heavy atom. The summed E-state index contributed by atoms with van der Waals surface area (Å²) in [7, 11) is 0. The number of hydrogen-bond donors (Lipinski definition) is 2. The van der Waals surface area contributed by atoms with Crippen molar-refractivity contribution in [3.63, 3.8) is 0 Å². The number of urea groups is 1. The predicted octanol–water partition coefficient (Wildman–Crippen LogP) is 1.58. The maximum absolute atomic E-state index is 12.2. The third-order valence-electron chi connectivity index (χ3n) is 4.68. The fourth-order valence-corrected chi connectivity index (χ4v) is 4.18. The van der Waals surface area contributed by atoms with E-state index in [0.717, 1.165) is 17.8 Å². The van der Waals surface area contributed by atoms with Crippen molar-refractivity contribution in [2.24, 2.45) is 11.3 Å². The molecule has 6 nitrogen and oxygen atoms in total. The Hall–Kier alpha value is -1.63. The highest BCUT2D eigenvalue weighted by Gasteiger charge is 2.55. The summed E-state index contributed by atoms with van der Waals surface area (Å²) in [5, 5.41) is 15.3. The number of carbonyl (C=O) groups is 2. The highest BCUT2D eigenvalue weighted by atomic mass is 32.1. The Morgan fingerprint density at radius 1 is 1.57 bits per heavy atom. The number of hydrogen-bond acceptors (Lipinski definition) is 4. The van der Waals surface area contributed by atoms with Gasteiger partial charge in [-0.25, -0.2) is 9.78 Å². The lowest BCUT2D eigenvalue weighted by molar-refractivity contribution is -0.149. The van der Waals surface area contributed by atoms with Gasteiger partial charge in [-0.2, -0.15) is 0 Å². The second kappa shape index (κ2) is 5.63. The second-order valence-corrected chi connectivity index (χ2v) is 6.82. The van der Waals surface area contributed by atoms with Gasteiger partial charge in [0.05, 0.1) is 10.4 Å². The lowest BCUT2D eigenvalue weighted by Gasteiger charge is -2.23. The van der Waals surface area contributed by atoms with E-state index in [-0.39, 0.29) is 11.9 Å². The first-order chi connectivity index (χ1) is 10.1. The summed E-state index contributed by atoms with van der Waals surface area (Å²) >= 11 is 1.57. The van der Waals surface area contributed by atoms with Crippen molar-refractivity contribution in [1.29, 1.82) is 0 Å². The number of amides is 2. The number of rotatable bonds is 4. The molecule has 1 aliphatic heterocycles. The highest BCUT2D eigenvalue weighted by molar-refractivity contribution is 7.09. The molecule has 2 aliphatic rings. The van der Waals surface area contributed by atoms with E-state index in [4.69, 9.17) is 0 Å². The van der Waals surface area contributed by atoms with Crippen molar-refractivity contribution in [1.82, 2.24) is 15.2 Å². The van der Waals surface area contributed by atoms with Crippen LogP contribution in [0.1, 0.15) is 24.3 Å². The summed E-state index contributed by atoms with van der Waals surface area (Å²) in [6.45, 7) is 1.44. The van der Waals surface area contributed by atoms with E-state index in [1.54, 1.807) is 22.4 Å². The molecule has 2 N–H and O–H groups in total. The number of likely N-dealkylation sites (tertiary alicyclic amines) is 1. The molecule has 21 heavy (non-hydrogen) atoms. The van der Waals surface area contributed by atoms with Crippen molar-refractivity contribution < 1.29 is 14.7 Å². The van der Waals surface area contributed by atoms with Crippen LogP contribution in [0.3, 0.4) is 0 Å². The van der Waals surface area contributed by atoms with E-state index in [9.17, 15) is 14.7 Å². The summed E-state index contributed by atoms with van der Waals surface area (Å²) in [6.07, 6.45) is 5.02. The maximum atomic E-state index is 12.2. The molecule has 3 rings (SSSR count). The quantitative estimate of drug-likeness (QED) is 0.884. The summed E-state index contributed by atoms with van der Waals surface area (Å²) in [5.74, 6) is -0.636. The number of thiazole rings is 1. The van der Waals surface area contributed by atoms with Crippen LogP contribution in [0.4, 0.5) is 4.79 Å². The normalized spacial score (nSPS) is 27.6. The van der Waals surface area contributed by atoms with Crippen LogP contribution in [-0.2, 0) is 11.2 Å². The van der Waals surface area contributed by atoms with E-state index < -0.39 is 11.4 Å². The number of nitrogens with one attached hydrogen (secondary N) is 1. The van der Waals surface area contributed by atoms with Gasteiger partial charge in [-0.1, -0.05) is 6.42 Å². The molecule has 2 amide bonds. The Bertz CT molecular complexity index is 534. The number of carboxylic acids is 1. The molecule has 0 aromatic carbocycles. The smallest absolute Gasteiger partial charge is 0.317 e.